The first-order valence-electron chi connectivity index (χ1n) is 2.18. The quantitative estimate of drug-likeness (QED) is 0.603. The maximum Gasteiger partial charge on any atom is 0.397 e. The molecule has 84 valence electrons. The molecule has 0 aromatic heterocycles. The zero-order chi connectivity index (χ0) is 10.4. The Balaban J connectivity index is -0.000000143. The Bertz CT molecular complexity index is 253. The van der Waals surface area contributed by atoms with Gasteiger partial charge in [0, 0.05) is 0 Å². The fraction of sp³-hybridized carbons (Fsp3) is 1.00. The molecule has 0 unspecified atom stereocenters. The highest BCUT2D eigenvalue weighted by molar-refractivity contribution is 7.81. The van der Waals surface area contributed by atoms with Crippen molar-refractivity contribution < 1.29 is 34.3 Å². The van der Waals surface area contributed by atoms with Crippen LogP contribution in [0.25, 0.3) is 0 Å². The third-order valence-corrected chi connectivity index (χ3v) is 1.26. The van der Waals surface area contributed by atoms with Crippen LogP contribution in [0.3, 0.4) is 0 Å². The molecule has 11 heteroatoms. The highest BCUT2D eigenvalue weighted by Crippen LogP contribution is 1.75. The molecule has 0 bridgehead atoms. The van der Waals surface area contributed by atoms with Gasteiger partial charge in [-0.1, -0.05) is 0 Å². The third kappa shape index (κ3) is 33.2. The molecule has 0 aromatic carbocycles. The molecule has 0 aliphatic heterocycles. The minimum Gasteiger partial charge on any atom is -0.264 e. The molecule has 8 nitrogen and oxygen atoms in total. The van der Waals surface area contributed by atoms with Crippen molar-refractivity contribution in [2.75, 3.05) is 14.2 Å². The van der Waals surface area contributed by atoms with Crippen LogP contribution in [0.4, 0.5) is 0 Å². The molecular weight excluding hydrogens is 248 g/mol. The first-order valence-corrected chi connectivity index (χ1v) is 4.91. The maximum absolute atomic E-state index is 9.33. The summed E-state index contributed by atoms with van der Waals surface area (Å²) in [6.07, 6.45) is 0. The molecular formula is C2H10O8S3. The zero-order valence-electron chi connectivity index (χ0n) is 6.66. The maximum atomic E-state index is 9.33. The first-order chi connectivity index (χ1) is 5.12. The van der Waals surface area contributed by atoms with Crippen molar-refractivity contribution >= 4 is 34.3 Å². The normalized spacial score (nSPS) is 10.8. The highest BCUT2D eigenvalue weighted by Gasteiger charge is 1.94. The van der Waals surface area contributed by atoms with Crippen molar-refractivity contribution in [3.63, 3.8) is 0 Å². The molecule has 2 N–H and O–H groups in total. The van der Waals surface area contributed by atoms with Crippen LogP contribution in [-0.2, 0) is 29.2 Å². The van der Waals surface area contributed by atoms with Crippen LogP contribution in [0.2, 0.25) is 0 Å². The minimum absolute atomic E-state index is 0. The lowest BCUT2D eigenvalue weighted by molar-refractivity contribution is 0.323. The second-order valence-electron chi connectivity index (χ2n) is 1.19. The summed E-state index contributed by atoms with van der Waals surface area (Å²) in [5, 5.41) is 0. The van der Waals surface area contributed by atoms with Crippen molar-refractivity contribution in [3.8, 4) is 0 Å². The van der Waals surface area contributed by atoms with Crippen LogP contribution in [0.1, 0.15) is 0 Å². The number of hydrogen-bond donors (Lipinski definition) is 2. The van der Waals surface area contributed by atoms with E-state index in [1.54, 1.807) is 0 Å². The van der Waals surface area contributed by atoms with Gasteiger partial charge in [-0.2, -0.15) is 30.3 Å². The van der Waals surface area contributed by atoms with E-state index in [2.05, 4.69) is 8.37 Å². The lowest BCUT2D eigenvalue weighted by Crippen LogP contribution is -1.96. The second-order valence-corrected chi connectivity index (χ2v) is 3.57. The van der Waals surface area contributed by atoms with Gasteiger partial charge in [-0.3, -0.25) is 17.5 Å². The van der Waals surface area contributed by atoms with Crippen LogP contribution in [0, 0.1) is 0 Å². The van der Waals surface area contributed by atoms with Gasteiger partial charge in [0.15, 0.2) is 0 Å². The lowest BCUT2D eigenvalue weighted by Gasteiger charge is -1.82. The van der Waals surface area contributed by atoms with E-state index in [1.165, 1.54) is 0 Å². The molecule has 0 aliphatic carbocycles. The second kappa shape index (κ2) is 7.49. The predicted octanol–water partition coefficient (Wildman–Crippen LogP) is -1.02. The Hall–Kier alpha value is 0.0900. The van der Waals surface area contributed by atoms with Gasteiger partial charge < -0.3 is 0 Å². The molecule has 0 radical (unpaired) electrons. The van der Waals surface area contributed by atoms with Crippen molar-refractivity contribution in [2.45, 2.75) is 0 Å². The summed E-state index contributed by atoms with van der Waals surface area (Å²) < 4.78 is 59.4. The van der Waals surface area contributed by atoms with Crippen molar-refractivity contribution in [3.05, 3.63) is 0 Å². The molecule has 0 saturated carbocycles. The van der Waals surface area contributed by atoms with Crippen LogP contribution in [0.5, 0.6) is 0 Å². The Labute approximate surface area is 83.2 Å². The van der Waals surface area contributed by atoms with Gasteiger partial charge in [0.1, 0.15) is 0 Å². The van der Waals surface area contributed by atoms with Gasteiger partial charge in [-0.15, -0.1) is 0 Å². The smallest absolute Gasteiger partial charge is 0.264 e. The van der Waals surface area contributed by atoms with E-state index in [1.807, 2.05) is 0 Å². The molecule has 0 heterocycles. The fourth-order valence-corrected chi connectivity index (χ4v) is 0. The highest BCUT2D eigenvalue weighted by atomic mass is 32.3. The van der Waals surface area contributed by atoms with E-state index in [-0.39, 0.29) is 13.5 Å². The predicted molar refractivity (Wildman–Crippen MR) is 47.5 cm³/mol. The van der Waals surface area contributed by atoms with E-state index >= 15 is 0 Å². The van der Waals surface area contributed by atoms with Crippen molar-refractivity contribution in [1.29, 1.82) is 0 Å². The number of rotatable bonds is 2. The minimum atomic E-state index is -4.16. The van der Waals surface area contributed by atoms with E-state index in [9.17, 15) is 16.8 Å². The molecule has 0 atom stereocenters. The average Bonchev–Trinajstić information content (AvgIpc) is 1.86. The molecule has 0 aliphatic rings. The Morgan fingerprint density at radius 2 is 0.923 bits per heavy atom. The van der Waals surface area contributed by atoms with Gasteiger partial charge in [0.25, 0.3) is 0 Å². The van der Waals surface area contributed by atoms with E-state index in [0.29, 0.717) is 0 Å². The molecule has 0 spiro atoms. The van der Waals surface area contributed by atoms with Crippen molar-refractivity contribution in [2.24, 2.45) is 0 Å². The molecule has 0 amide bonds. The first kappa shape index (κ1) is 18.8. The van der Waals surface area contributed by atoms with Gasteiger partial charge in [-0.05, 0) is 0 Å². The summed E-state index contributed by atoms with van der Waals surface area (Å²) in [6, 6.07) is 0. The summed E-state index contributed by atoms with van der Waals surface area (Å²) >= 11 is 0. The lowest BCUT2D eigenvalue weighted by atomic mass is 11.8. The zero-order valence-corrected chi connectivity index (χ0v) is 9.29. The summed E-state index contributed by atoms with van der Waals surface area (Å²) in [5.74, 6) is 0. The molecule has 13 heavy (non-hydrogen) atoms. The molecule has 0 saturated heterocycles. The van der Waals surface area contributed by atoms with Gasteiger partial charge in [-0.25, -0.2) is 0 Å². The SMILES string of the molecule is COS(=O)(=O)O.COS(=O)(=O)O.S. The standard InChI is InChI=1S/2CH4O4S.H2S/c2*1-5-6(2,3)4;/h2*1H3,(H,2,3,4);1H2. The van der Waals surface area contributed by atoms with Gasteiger partial charge in [0.05, 0.1) is 14.2 Å². The molecule has 0 rings (SSSR count). The van der Waals surface area contributed by atoms with Crippen LogP contribution in [0.15, 0.2) is 0 Å². The Morgan fingerprint density at radius 3 is 0.923 bits per heavy atom. The van der Waals surface area contributed by atoms with Crippen molar-refractivity contribution in [1.82, 2.24) is 0 Å². The largest absolute Gasteiger partial charge is 0.397 e. The topological polar surface area (TPSA) is 127 Å². The number of hydrogen-bond acceptors (Lipinski definition) is 6. The van der Waals surface area contributed by atoms with Gasteiger partial charge in [0.2, 0.25) is 0 Å². The monoisotopic (exact) mass is 258 g/mol. The van der Waals surface area contributed by atoms with E-state index in [4.69, 9.17) is 9.11 Å². The van der Waals surface area contributed by atoms with Crippen LogP contribution < -0.4 is 0 Å². The summed E-state index contributed by atoms with van der Waals surface area (Å²) in [4.78, 5) is 0. The van der Waals surface area contributed by atoms with E-state index < -0.39 is 20.8 Å². The van der Waals surface area contributed by atoms with Crippen LogP contribution in [-0.4, -0.2) is 40.2 Å². The summed E-state index contributed by atoms with van der Waals surface area (Å²) in [7, 11) is -6.58. The van der Waals surface area contributed by atoms with Crippen LogP contribution >= 0.6 is 13.5 Å². The Kier molecular flexibility index (Phi) is 10.8. The summed E-state index contributed by atoms with van der Waals surface area (Å²) in [6.45, 7) is 0. The third-order valence-electron chi connectivity index (χ3n) is 0.421. The molecule has 0 aromatic rings. The molecule has 0 fully saturated rings. The Morgan fingerprint density at radius 1 is 0.846 bits per heavy atom. The fourth-order valence-electron chi connectivity index (χ4n) is 0. The van der Waals surface area contributed by atoms with Gasteiger partial charge >= 0.3 is 20.8 Å². The van der Waals surface area contributed by atoms with E-state index in [0.717, 1.165) is 14.2 Å². The summed E-state index contributed by atoms with van der Waals surface area (Å²) in [5.41, 5.74) is 0. The average molecular weight is 258 g/mol.